The summed E-state index contributed by atoms with van der Waals surface area (Å²) >= 11 is 0. The monoisotopic (exact) mass is 311 g/mol. The number of rotatable bonds is 4. The van der Waals surface area contributed by atoms with Crippen LogP contribution in [-0.4, -0.2) is 15.7 Å². The lowest BCUT2D eigenvalue weighted by atomic mass is 10.2. The summed E-state index contributed by atoms with van der Waals surface area (Å²) in [4.78, 5) is 12.2. The van der Waals surface area contributed by atoms with E-state index in [1.807, 2.05) is 0 Å². The molecule has 0 aliphatic carbocycles. The topological polar surface area (TPSA) is 46.9 Å². The first-order chi connectivity index (χ1) is 10.3. The third kappa shape index (κ3) is 3.29. The van der Waals surface area contributed by atoms with Gasteiger partial charge in [-0.15, -0.1) is 0 Å². The molecule has 1 aromatic carbocycles. The number of benzene rings is 1. The van der Waals surface area contributed by atoms with Crippen molar-refractivity contribution >= 4 is 11.6 Å². The van der Waals surface area contributed by atoms with Crippen molar-refractivity contribution in [2.45, 2.75) is 33.2 Å². The van der Waals surface area contributed by atoms with E-state index in [-0.39, 0.29) is 11.4 Å². The molecule has 1 aromatic heterocycles. The molecule has 1 amide bonds. The fraction of sp³-hybridized carbons (Fsp3) is 0.333. The standard InChI is InChI=1S/C15H16F3N3O/c1-8-4-5-11(16)12(6-8)19-15(22)10(3)21-9(2)7-13(20-21)14(17)18/h4-7,10,14H,1-3H3,(H,19,22). The van der Waals surface area contributed by atoms with Crippen LogP contribution >= 0.6 is 0 Å². The molecule has 2 rings (SSSR count). The number of aromatic nitrogens is 2. The number of aryl methyl sites for hydroxylation is 2. The summed E-state index contributed by atoms with van der Waals surface area (Å²) in [5.41, 5.74) is 0.886. The van der Waals surface area contributed by atoms with Crippen LogP contribution in [0.25, 0.3) is 0 Å². The lowest BCUT2D eigenvalue weighted by Crippen LogP contribution is -2.25. The first-order valence-corrected chi connectivity index (χ1v) is 6.71. The molecule has 0 bridgehead atoms. The van der Waals surface area contributed by atoms with Crippen LogP contribution in [0.2, 0.25) is 0 Å². The number of hydrogen-bond donors (Lipinski definition) is 1. The Hall–Kier alpha value is -2.31. The van der Waals surface area contributed by atoms with Gasteiger partial charge in [-0.25, -0.2) is 13.2 Å². The van der Waals surface area contributed by atoms with Gasteiger partial charge in [0.1, 0.15) is 17.6 Å². The molecule has 1 heterocycles. The van der Waals surface area contributed by atoms with E-state index >= 15 is 0 Å². The molecular weight excluding hydrogens is 295 g/mol. The van der Waals surface area contributed by atoms with Gasteiger partial charge in [0.05, 0.1) is 5.69 Å². The highest BCUT2D eigenvalue weighted by atomic mass is 19.3. The van der Waals surface area contributed by atoms with Gasteiger partial charge in [0.15, 0.2) is 0 Å². The molecule has 1 N–H and O–H groups in total. The van der Waals surface area contributed by atoms with Gasteiger partial charge in [-0.3, -0.25) is 9.48 Å². The van der Waals surface area contributed by atoms with Gasteiger partial charge in [-0.2, -0.15) is 5.10 Å². The van der Waals surface area contributed by atoms with Gasteiger partial charge in [0, 0.05) is 5.69 Å². The number of anilines is 1. The van der Waals surface area contributed by atoms with Crippen molar-refractivity contribution in [1.82, 2.24) is 9.78 Å². The second kappa shape index (κ2) is 6.21. The lowest BCUT2D eigenvalue weighted by Gasteiger charge is -2.15. The number of nitrogens with zero attached hydrogens (tertiary/aromatic N) is 2. The summed E-state index contributed by atoms with van der Waals surface area (Å²) in [6.07, 6.45) is -2.70. The highest BCUT2D eigenvalue weighted by molar-refractivity contribution is 5.93. The number of alkyl halides is 2. The Morgan fingerprint density at radius 2 is 1.95 bits per heavy atom. The number of amides is 1. The maximum atomic E-state index is 13.6. The van der Waals surface area contributed by atoms with Gasteiger partial charge < -0.3 is 5.32 Å². The Morgan fingerprint density at radius 3 is 2.55 bits per heavy atom. The van der Waals surface area contributed by atoms with Crippen LogP contribution < -0.4 is 5.32 Å². The van der Waals surface area contributed by atoms with Gasteiger partial charge in [-0.1, -0.05) is 6.07 Å². The van der Waals surface area contributed by atoms with Crippen LogP contribution in [0, 0.1) is 19.7 Å². The Bertz CT molecular complexity index is 697. The predicted molar refractivity (Wildman–Crippen MR) is 76.4 cm³/mol. The van der Waals surface area contributed by atoms with Crippen LogP contribution in [0.15, 0.2) is 24.3 Å². The lowest BCUT2D eigenvalue weighted by molar-refractivity contribution is -0.119. The highest BCUT2D eigenvalue weighted by Gasteiger charge is 2.22. The SMILES string of the molecule is Cc1ccc(F)c(NC(=O)C(C)n2nc(C(F)F)cc2C)c1. The minimum Gasteiger partial charge on any atom is -0.322 e. The molecule has 4 nitrogen and oxygen atoms in total. The summed E-state index contributed by atoms with van der Waals surface area (Å²) in [7, 11) is 0. The summed E-state index contributed by atoms with van der Waals surface area (Å²) < 4.78 is 40.1. The van der Waals surface area contributed by atoms with Crippen molar-refractivity contribution in [3.05, 3.63) is 47.0 Å². The molecule has 0 aliphatic heterocycles. The van der Waals surface area contributed by atoms with E-state index in [4.69, 9.17) is 0 Å². The van der Waals surface area contributed by atoms with E-state index in [1.165, 1.54) is 29.8 Å². The summed E-state index contributed by atoms with van der Waals surface area (Å²) in [5.74, 6) is -1.09. The minimum absolute atomic E-state index is 0.0516. The Balaban J connectivity index is 2.20. The second-order valence-electron chi connectivity index (χ2n) is 5.10. The fourth-order valence-electron chi connectivity index (χ4n) is 2.09. The molecule has 118 valence electrons. The quantitative estimate of drug-likeness (QED) is 0.934. The highest BCUT2D eigenvalue weighted by Crippen LogP contribution is 2.22. The Morgan fingerprint density at radius 1 is 1.27 bits per heavy atom. The van der Waals surface area contributed by atoms with Crippen LogP contribution in [0.5, 0.6) is 0 Å². The van der Waals surface area contributed by atoms with Gasteiger partial charge in [0.2, 0.25) is 5.91 Å². The Labute approximate surface area is 125 Å². The van der Waals surface area contributed by atoms with Crippen molar-refractivity contribution in [1.29, 1.82) is 0 Å². The molecule has 0 fully saturated rings. The number of nitrogens with one attached hydrogen (secondary N) is 1. The average molecular weight is 311 g/mol. The van der Waals surface area contributed by atoms with Crippen molar-refractivity contribution in [3.8, 4) is 0 Å². The molecule has 0 radical (unpaired) electrons. The van der Waals surface area contributed by atoms with E-state index in [9.17, 15) is 18.0 Å². The van der Waals surface area contributed by atoms with Crippen LogP contribution in [0.4, 0.5) is 18.9 Å². The molecule has 0 aliphatic rings. The first-order valence-electron chi connectivity index (χ1n) is 6.71. The summed E-state index contributed by atoms with van der Waals surface area (Å²) in [5, 5.41) is 6.18. The fourth-order valence-corrected chi connectivity index (χ4v) is 2.09. The molecule has 0 saturated heterocycles. The third-order valence-corrected chi connectivity index (χ3v) is 3.29. The normalized spacial score (nSPS) is 12.5. The van der Waals surface area contributed by atoms with Gasteiger partial charge >= 0.3 is 0 Å². The van der Waals surface area contributed by atoms with E-state index in [2.05, 4.69) is 10.4 Å². The van der Waals surface area contributed by atoms with Crippen molar-refractivity contribution < 1.29 is 18.0 Å². The second-order valence-corrected chi connectivity index (χ2v) is 5.10. The number of carbonyl (C=O) groups is 1. The molecular formula is C15H16F3N3O. The van der Waals surface area contributed by atoms with Gasteiger partial charge in [-0.05, 0) is 44.5 Å². The van der Waals surface area contributed by atoms with Crippen molar-refractivity contribution in [2.24, 2.45) is 0 Å². The van der Waals surface area contributed by atoms with Crippen LogP contribution in [-0.2, 0) is 4.79 Å². The van der Waals surface area contributed by atoms with Crippen molar-refractivity contribution in [3.63, 3.8) is 0 Å². The smallest absolute Gasteiger partial charge is 0.282 e. The maximum Gasteiger partial charge on any atom is 0.282 e. The molecule has 22 heavy (non-hydrogen) atoms. The minimum atomic E-state index is -2.70. The van der Waals surface area contributed by atoms with E-state index in [0.717, 1.165) is 5.56 Å². The number of carbonyl (C=O) groups excluding carboxylic acids is 1. The molecule has 0 spiro atoms. The number of halogens is 3. The van der Waals surface area contributed by atoms with E-state index in [0.29, 0.717) is 5.69 Å². The Kier molecular flexibility index (Phi) is 4.54. The zero-order valence-corrected chi connectivity index (χ0v) is 12.4. The zero-order chi connectivity index (χ0) is 16.4. The summed E-state index contributed by atoms with van der Waals surface area (Å²) in [6, 6.07) is 4.72. The maximum absolute atomic E-state index is 13.6. The first kappa shape index (κ1) is 16.1. The molecule has 1 unspecified atom stereocenters. The molecule has 2 aromatic rings. The van der Waals surface area contributed by atoms with Gasteiger partial charge in [0.25, 0.3) is 6.43 Å². The molecule has 7 heteroatoms. The van der Waals surface area contributed by atoms with E-state index < -0.39 is 24.2 Å². The molecule has 0 saturated carbocycles. The van der Waals surface area contributed by atoms with E-state index in [1.54, 1.807) is 19.9 Å². The largest absolute Gasteiger partial charge is 0.322 e. The predicted octanol–water partition coefficient (Wildman–Crippen LogP) is 3.78. The van der Waals surface area contributed by atoms with Crippen LogP contribution in [0.3, 0.4) is 0 Å². The zero-order valence-electron chi connectivity index (χ0n) is 12.4. The van der Waals surface area contributed by atoms with Crippen molar-refractivity contribution in [2.75, 3.05) is 5.32 Å². The third-order valence-electron chi connectivity index (χ3n) is 3.29. The number of hydrogen-bond acceptors (Lipinski definition) is 2. The average Bonchev–Trinajstić information content (AvgIpc) is 2.84. The van der Waals surface area contributed by atoms with Crippen LogP contribution in [0.1, 0.15) is 36.3 Å². The summed E-state index contributed by atoms with van der Waals surface area (Å²) in [6.45, 7) is 4.86. The molecule has 1 atom stereocenters.